The van der Waals surface area contributed by atoms with Crippen molar-refractivity contribution in [3.05, 3.63) is 41.3 Å². The number of nitrogens with zero attached hydrogens (tertiary/aromatic N) is 4. The third-order valence-corrected chi connectivity index (χ3v) is 5.01. The monoisotopic (exact) mass is 392 g/mol. The van der Waals surface area contributed by atoms with Crippen LogP contribution in [-0.2, 0) is 11.3 Å². The van der Waals surface area contributed by atoms with E-state index in [0.29, 0.717) is 13.1 Å². The van der Waals surface area contributed by atoms with Crippen LogP contribution in [0, 0.1) is 19.8 Å². The van der Waals surface area contributed by atoms with Crippen LogP contribution < -0.4 is 11.1 Å². The molecule has 27 heavy (non-hydrogen) atoms. The molecular weight excluding hydrogens is 364 g/mol. The normalized spacial score (nSPS) is 17.4. The van der Waals surface area contributed by atoms with E-state index in [1.54, 1.807) is 6.20 Å². The van der Waals surface area contributed by atoms with E-state index in [1.807, 2.05) is 29.8 Å². The van der Waals surface area contributed by atoms with Gasteiger partial charge in [0.05, 0.1) is 11.6 Å². The molecule has 3 heterocycles. The van der Waals surface area contributed by atoms with Gasteiger partial charge in [0.25, 0.3) is 0 Å². The molecule has 1 fully saturated rings. The van der Waals surface area contributed by atoms with Gasteiger partial charge in [-0.15, -0.1) is 12.4 Å². The van der Waals surface area contributed by atoms with Gasteiger partial charge in [-0.05, 0) is 45.4 Å². The van der Waals surface area contributed by atoms with E-state index in [-0.39, 0.29) is 24.2 Å². The van der Waals surface area contributed by atoms with Crippen LogP contribution in [0.2, 0.25) is 0 Å². The van der Waals surface area contributed by atoms with Crippen molar-refractivity contribution in [3.8, 4) is 5.82 Å². The SMILES string of the molecule is Cc1nn(-c2ccccn2)c(C)c1CN1CCCC(C(=O)NCCN)C1.Cl. The topological polar surface area (TPSA) is 89.1 Å². The maximum atomic E-state index is 12.3. The van der Waals surface area contributed by atoms with Crippen molar-refractivity contribution in [1.29, 1.82) is 0 Å². The number of piperidine rings is 1. The van der Waals surface area contributed by atoms with Crippen molar-refractivity contribution < 1.29 is 4.79 Å². The van der Waals surface area contributed by atoms with Gasteiger partial charge in [-0.25, -0.2) is 9.67 Å². The predicted molar refractivity (Wildman–Crippen MR) is 108 cm³/mol. The Morgan fingerprint density at radius 2 is 2.19 bits per heavy atom. The molecule has 2 aromatic rings. The number of nitrogens with one attached hydrogen (secondary N) is 1. The number of amides is 1. The summed E-state index contributed by atoms with van der Waals surface area (Å²) in [6, 6.07) is 5.83. The van der Waals surface area contributed by atoms with Gasteiger partial charge >= 0.3 is 0 Å². The molecule has 0 spiro atoms. The second-order valence-electron chi connectivity index (χ2n) is 6.90. The third-order valence-electron chi connectivity index (χ3n) is 5.01. The minimum Gasteiger partial charge on any atom is -0.355 e. The molecule has 7 nitrogen and oxygen atoms in total. The van der Waals surface area contributed by atoms with E-state index < -0.39 is 0 Å². The fourth-order valence-electron chi connectivity index (χ4n) is 3.58. The van der Waals surface area contributed by atoms with Crippen LogP contribution in [0.15, 0.2) is 24.4 Å². The zero-order valence-corrected chi connectivity index (χ0v) is 16.8. The minimum atomic E-state index is 0. The second-order valence-corrected chi connectivity index (χ2v) is 6.90. The van der Waals surface area contributed by atoms with Crippen LogP contribution in [-0.4, -0.2) is 51.8 Å². The van der Waals surface area contributed by atoms with Crippen molar-refractivity contribution in [3.63, 3.8) is 0 Å². The van der Waals surface area contributed by atoms with Gasteiger partial charge in [-0.1, -0.05) is 6.07 Å². The molecule has 0 aliphatic carbocycles. The fraction of sp³-hybridized carbons (Fsp3) is 0.526. The van der Waals surface area contributed by atoms with Crippen molar-refractivity contribution in [2.75, 3.05) is 26.2 Å². The first-order valence-corrected chi connectivity index (χ1v) is 9.26. The summed E-state index contributed by atoms with van der Waals surface area (Å²) in [5.74, 6) is 0.997. The number of aryl methyl sites for hydroxylation is 1. The second kappa shape index (κ2) is 9.82. The van der Waals surface area contributed by atoms with Crippen molar-refractivity contribution in [2.24, 2.45) is 11.7 Å². The predicted octanol–water partition coefficient (Wildman–Crippen LogP) is 1.59. The summed E-state index contributed by atoms with van der Waals surface area (Å²) < 4.78 is 1.90. The van der Waals surface area contributed by atoms with Gasteiger partial charge < -0.3 is 11.1 Å². The van der Waals surface area contributed by atoms with Crippen LogP contribution in [0.3, 0.4) is 0 Å². The average Bonchev–Trinajstić information content (AvgIpc) is 2.95. The first-order chi connectivity index (χ1) is 12.6. The fourth-order valence-corrected chi connectivity index (χ4v) is 3.58. The number of carbonyl (C=O) groups is 1. The summed E-state index contributed by atoms with van der Waals surface area (Å²) in [6.07, 6.45) is 3.76. The molecule has 8 heteroatoms. The lowest BCUT2D eigenvalue weighted by Crippen LogP contribution is -2.43. The Morgan fingerprint density at radius 3 is 2.89 bits per heavy atom. The molecule has 3 N–H and O–H groups in total. The number of aromatic nitrogens is 3. The minimum absolute atomic E-state index is 0. The van der Waals surface area contributed by atoms with Crippen molar-refractivity contribution in [2.45, 2.75) is 33.2 Å². The third kappa shape index (κ3) is 5.06. The molecule has 3 rings (SSSR count). The van der Waals surface area contributed by atoms with E-state index in [1.165, 1.54) is 5.56 Å². The molecule has 0 bridgehead atoms. The highest BCUT2D eigenvalue weighted by atomic mass is 35.5. The molecule has 1 amide bonds. The van der Waals surface area contributed by atoms with Gasteiger partial charge in [0.2, 0.25) is 5.91 Å². The number of rotatable bonds is 6. The lowest BCUT2D eigenvalue weighted by molar-refractivity contribution is -0.126. The highest BCUT2D eigenvalue weighted by Crippen LogP contribution is 2.23. The lowest BCUT2D eigenvalue weighted by Gasteiger charge is -2.32. The molecule has 1 atom stereocenters. The van der Waals surface area contributed by atoms with Crippen LogP contribution >= 0.6 is 12.4 Å². The van der Waals surface area contributed by atoms with Gasteiger partial charge in [0.1, 0.15) is 0 Å². The Hall–Kier alpha value is -1.96. The zero-order valence-electron chi connectivity index (χ0n) is 16.0. The number of hydrogen-bond donors (Lipinski definition) is 2. The Kier molecular flexibility index (Phi) is 7.77. The first-order valence-electron chi connectivity index (χ1n) is 9.26. The van der Waals surface area contributed by atoms with Crippen LogP contribution in [0.1, 0.15) is 29.8 Å². The van der Waals surface area contributed by atoms with E-state index >= 15 is 0 Å². The maximum absolute atomic E-state index is 12.3. The largest absolute Gasteiger partial charge is 0.355 e. The van der Waals surface area contributed by atoms with Crippen LogP contribution in [0.4, 0.5) is 0 Å². The van der Waals surface area contributed by atoms with E-state index in [4.69, 9.17) is 5.73 Å². The molecule has 0 aromatic carbocycles. The molecule has 1 saturated heterocycles. The van der Waals surface area contributed by atoms with E-state index in [9.17, 15) is 4.79 Å². The van der Waals surface area contributed by atoms with Crippen LogP contribution in [0.25, 0.3) is 5.82 Å². The average molecular weight is 393 g/mol. The Balaban J connectivity index is 0.00000261. The van der Waals surface area contributed by atoms with Gasteiger partial charge in [0, 0.05) is 43.6 Å². The summed E-state index contributed by atoms with van der Waals surface area (Å²) in [7, 11) is 0. The van der Waals surface area contributed by atoms with Gasteiger partial charge in [-0.3, -0.25) is 9.69 Å². The number of nitrogens with two attached hydrogens (primary N) is 1. The van der Waals surface area contributed by atoms with Crippen LogP contribution in [0.5, 0.6) is 0 Å². The molecule has 148 valence electrons. The zero-order chi connectivity index (χ0) is 18.5. The Bertz CT molecular complexity index is 748. The van der Waals surface area contributed by atoms with Gasteiger partial charge in [0.15, 0.2) is 5.82 Å². The number of halogens is 1. The molecule has 1 aliphatic heterocycles. The lowest BCUT2D eigenvalue weighted by atomic mass is 9.96. The first kappa shape index (κ1) is 21.3. The highest BCUT2D eigenvalue weighted by molar-refractivity contribution is 5.85. The summed E-state index contributed by atoms with van der Waals surface area (Å²) in [4.78, 5) is 19.0. The smallest absolute Gasteiger partial charge is 0.224 e. The molecule has 1 unspecified atom stereocenters. The Labute approximate surface area is 166 Å². The van der Waals surface area contributed by atoms with Gasteiger partial charge in [-0.2, -0.15) is 5.10 Å². The quantitative estimate of drug-likeness (QED) is 0.779. The standard InChI is InChI=1S/C19H28N6O.ClH/c1-14-17(15(2)25(23-14)18-7-3-4-9-21-18)13-24-11-5-6-16(12-24)19(26)22-10-8-20;/h3-4,7,9,16H,5-6,8,10-13,20H2,1-2H3,(H,22,26);1H. The number of hydrogen-bond acceptors (Lipinski definition) is 5. The summed E-state index contributed by atoms with van der Waals surface area (Å²) in [6.45, 7) is 7.75. The molecule has 2 aromatic heterocycles. The van der Waals surface area contributed by atoms with E-state index in [2.05, 4.69) is 27.2 Å². The summed E-state index contributed by atoms with van der Waals surface area (Å²) in [5, 5.41) is 7.59. The summed E-state index contributed by atoms with van der Waals surface area (Å²) in [5.41, 5.74) is 8.82. The highest BCUT2D eigenvalue weighted by Gasteiger charge is 2.27. The molecular formula is C19H29ClN6O. The van der Waals surface area contributed by atoms with E-state index in [0.717, 1.165) is 49.7 Å². The molecule has 0 radical (unpaired) electrons. The number of likely N-dealkylation sites (tertiary alicyclic amines) is 1. The Morgan fingerprint density at radius 1 is 1.37 bits per heavy atom. The van der Waals surface area contributed by atoms with Crippen molar-refractivity contribution in [1.82, 2.24) is 25.0 Å². The molecule has 0 saturated carbocycles. The number of pyridine rings is 1. The summed E-state index contributed by atoms with van der Waals surface area (Å²) >= 11 is 0. The molecule has 1 aliphatic rings. The van der Waals surface area contributed by atoms with Crippen molar-refractivity contribution >= 4 is 18.3 Å². The maximum Gasteiger partial charge on any atom is 0.224 e. The number of carbonyl (C=O) groups excluding carboxylic acids is 1.